The molecule has 2 N–H and O–H groups in total. The molecule has 5 nitrogen and oxygen atoms in total. The van der Waals surface area contributed by atoms with E-state index >= 15 is 0 Å². The van der Waals surface area contributed by atoms with Gasteiger partial charge in [-0.3, -0.25) is 0 Å². The van der Waals surface area contributed by atoms with Gasteiger partial charge in [0.15, 0.2) is 0 Å². The molecule has 1 rings (SSSR count). The molecule has 16 heavy (non-hydrogen) atoms. The third-order valence-electron chi connectivity index (χ3n) is 1.88. The highest BCUT2D eigenvalue weighted by Crippen LogP contribution is 2.04. The molecule has 0 fully saturated rings. The van der Waals surface area contributed by atoms with Crippen LogP contribution < -0.4 is 10.6 Å². The zero-order chi connectivity index (χ0) is 11.8. The van der Waals surface area contributed by atoms with Crippen LogP contribution in [0.3, 0.4) is 0 Å². The van der Waals surface area contributed by atoms with Crippen molar-refractivity contribution < 1.29 is 4.74 Å². The van der Waals surface area contributed by atoms with Gasteiger partial charge in [0.25, 0.3) is 0 Å². The Morgan fingerprint density at radius 1 is 1.44 bits per heavy atom. The molecule has 5 heteroatoms. The van der Waals surface area contributed by atoms with Gasteiger partial charge < -0.3 is 15.4 Å². The largest absolute Gasteiger partial charge is 0.379 e. The molecule has 1 heterocycles. The van der Waals surface area contributed by atoms with Crippen molar-refractivity contribution in [2.75, 3.05) is 37.4 Å². The zero-order valence-corrected chi connectivity index (χ0v) is 10.2. The minimum Gasteiger partial charge on any atom is -0.379 e. The minimum atomic E-state index is 0.579. The first-order chi connectivity index (χ1) is 7.72. The van der Waals surface area contributed by atoms with Crippen molar-refractivity contribution in [2.45, 2.75) is 13.8 Å². The number of nitrogens with one attached hydrogen (secondary N) is 2. The molecule has 0 saturated heterocycles. The molecule has 0 aliphatic rings. The maximum Gasteiger partial charge on any atom is 0.224 e. The van der Waals surface area contributed by atoms with Crippen molar-refractivity contribution in [1.29, 1.82) is 0 Å². The molecular weight excluding hydrogens is 204 g/mol. The summed E-state index contributed by atoms with van der Waals surface area (Å²) in [5, 5.41) is 6.07. The van der Waals surface area contributed by atoms with Crippen molar-refractivity contribution in [3.05, 3.63) is 12.3 Å². The Labute approximate surface area is 96.6 Å². The number of hydrogen-bond acceptors (Lipinski definition) is 5. The van der Waals surface area contributed by atoms with Crippen LogP contribution in [0.4, 0.5) is 11.8 Å². The van der Waals surface area contributed by atoms with Crippen LogP contribution in [-0.2, 0) is 4.74 Å². The molecule has 0 aliphatic carbocycles. The van der Waals surface area contributed by atoms with Gasteiger partial charge in [-0.25, -0.2) is 4.98 Å². The second-order valence-electron chi connectivity index (χ2n) is 3.91. The zero-order valence-electron chi connectivity index (χ0n) is 10.2. The van der Waals surface area contributed by atoms with Gasteiger partial charge in [-0.1, -0.05) is 13.8 Å². The molecular formula is C11H20N4O. The Kier molecular flexibility index (Phi) is 5.56. The maximum absolute atomic E-state index is 5.45. The van der Waals surface area contributed by atoms with Gasteiger partial charge >= 0.3 is 0 Å². The number of hydrogen-bond donors (Lipinski definition) is 2. The van der Waals surface area contributed by atoms with E-state index in [0.29, 0.717) is 18.5 Å². The summed E-state index contributed by atoms with van der Waals surface area (Å²) in [7, 11) is 1.80. The summed E-state index contributed by atoms with van der Waals surface area (Å²) < 4.78 is 5.45. The van der Waals surface area contributed by atoms with Gasteiger partial charge in [-0.15, -0.1) is 0 Å². The lowest BCUT2D eigenvalue weighted by Crippen LogP contribution is -2.13. The molecule has 1 aromatic rings. The quantitative estimate of drug-likeness (QED) is 0.689. The predicted octanol–water partition coefficient (Wildman–Crippen LogP) is 1.60. The van der Waals surface area contributed by atoms with Crippen LogP contribution in [0.1, 0.15) is 13.8 Å². The van der Waals surface area contributed by atoms with Crippen LogP contribution >= 0.6 is 0 Å². The fourth-order valence-electron chi connectivity index (χ4n) is 1.15. The number of rotatable bonds is 7. The monoisotopic (exact) mass is 224 g/mol. The van der Waals surface area contributed by atoms with E-state index in [4.69, 9.17) is 4.74 Å². The van der Waals surface area contributed by atoms with Crippen LogP contribution in [0.2, 0.25) is 0 Å². The number of ether oxygens (including phenoxy) is 1. The second kappa shape index (κ2) is 7.00. The van der Waals surface area contributed by atoms with Gasteiger partial charge in [0.1, 0.15) is 5.82 Å². The highest BCUT2D eigenvalue weighted by Gasteiger charge is 1.97. The summed E-state index contributed by atoms with van der Waals surface area (Å²) in [6.07, 6.45) is 1.72. The van der Waals surface area contributed by atoms with Crippen molar-refractivity contribution in [3.63, 3.8) is 0 Å². The summed E-state index contributed by atoms with van der Waals surface area (Å²) in [4.78, 5) is 8.27. The van der Waals surface area contributed by atoms with E-state index in [9.17, 15) is 0 Å². The fourth-order valence-corrected chi connectivity index (χ4v) is 1.15. The highest BCUT2D eigenvalue weighted by atomic mass is 16.5. The highest BCUT2D eigenvalue weighted by molar-refractivity contribution is 5.38. The predicted molar refractivity (Wildman–Crippen MR) is 65.7 cm³/mol. The first-order valence-corrected chi connectivity index (χ1v) is 5.54. The van der Waals surface area contributed by atoms with E-state index < -0.39 is 0 Å². The summed E-state index contributed by atoms with van der Waals surface area (Å²) in [5.41, 5.74) is 0. The topological polar surface area (TPSA) is 59.1 Å². The molecule has 0 unspecified atom stereocenters. The van der Waals surface area contributed by atoms with Gasteiger partial charge in [-0.05, 0) is 12.0 Å². The lowest BCUT2D eigenvalue weighted by atomic mass is 10.2. The molecule has 0 saturated carbocycles. The first kappa shape index (κ1) is 12.7. The Morgan fingerprint density at radius 2 is 2.25 bits per heavy atom. The van der Waals surface area contributed by atoms with Crippen molar-refractivity contribution in [3.8, 4) is 0 Å². The second-order valence-corrected chi connectivity index (χ2v) is 3.91. The Balaban J connectivity index is 2.21. The number of nitrogens with zero attached hydrogens (tertiary/aromatic N) is 2. The lowest BCUT2D eigenvalue weighted by Gasteiger charge is -2.08. The molecule has 0 amide bonds. The van der Waals surface area contributed by atoms with Crippen LogP contribution in [0, 0.1) is 5.92 Å². The molecule has 0 aliphatic heterocycles. The smallest absolute Gasteiger partial charge is 0.224 e. The third kappa shape index (κ3) is 4.93. The SMILES string of the molecule is CNc1nccc(NCCOCC(C)C)n1. The summed E-state index contributed by atoms with van der Waals surface area (Å²) in [6, 6.07) is 1.84. The average Bonchev–Trinajstić information content (AvgIpc) is 2.28. The first-order valence-electron chi connectivity index (χ1n) is 5.54. The molecule has 0 spiro atoms. The fraction of sp³-hybridized carbons (Fsp3) is 0.636. The summed E-state index contributed by atoms with van der Waals surface area (Å²) >= 11 is 0. The number of aromatic nitrogens is 2. The van der Waals surface area contributed by atoms with Crippen molar-refractivity contribution in [1.82, 2.24) is 9.97 Å². The summed E-state index contributed by atoms with van der Waals surface area (Å²) in [5.74, 6) is 2.01. The molecule has 1 aromatic heterocycles. The number of anilines is 2. The van der Waals surface area contributed by atoms with E-state index in [2.05, 4.69) is 34.4 Å². The minimum absolute atomic E-state index is 0.579. The van der Waals surface area contributed by atoms with E-state index in [1.54, 1.807) is 13.2 Å². The Bertz CT molecular complexity index is 304. The summed E-state index contributed by atoms with van der Waals surface area (Å²) in [6.45, 7) is 6.52. The van der Waals surface area contributed by atoms with Gasteiger partial charge in [0, 0.05) is 26.4 Å². The van der Waals surface area contributed by atoms with Crippen molar-refractivity contribution >= 4 is 11.8 Å². The lowest BCUT2D eigenvalue weighted by molar-refractivity contribution is 0.118. The Hall–Kier alpha value is -1.36. The van der Waals surface area contributed by atoms with Gasteiger partial charge in [-0.2, -0.15) is 4.98 Å². The van der Waals surface area contributed by atoms with E-state index in [-0.39, 0.29) is 0 Å². The van der Waals surface area contributed by atoms with Gasteiger partial charge in [0.05, 0.1) is 6.61 Å². The standard InChI is InChI=1S/C11H20N4O/c1-9(2)8-16-7-6-13-10-4-5-14-11(12-3)15-10/h4-5,9H,6-8H2,1-3H3,(H2,12,13,14,15). The molecule has 0 atom stereocenters. The Morgan fingerprint density at radius 3 is 2.94 bits per heavy atom. The van der Waals surface area contributed by atoms with Crippen molar-refractivity contribution in [2.24, 2.45) is 5.92 Å². The average molecular weight is 224 g/mol. The molecule has 90 valence electrons. The molecule has 0 radical (unpaired) electrons. The van der Waals surface area contributed by atoms with E-state index in [1.165, 1.54) is 0 Å². The molecule has 0 aromatic carbocycles. The third-order valence-corrected chi connectivity index (χ3v) is 1.88. The van der Waals surface area contributed by atoms with E-state index in [1.807, 2.05) is 6.07 Å². The van der Waals surface area contributed by atoms with Crippen LogP contribution in [-0.4, -0.2) is 36.8 Å². The van der Waals surface area contributed by atoms with Crippen LogP contribution in [0.15, 0.2) is 12.3 Å². The van der Waals surface area contributed by atoms with E-state index in [0.717, 1.165) is 19.0 Å². The van der Waals surface area contributed by atoms with Gasteiger partial charge in [0.2, 0.25) is 5.95 Å². The molecule has 0 bridgehead atoms. The van der Waals surface area contributed by atoms with Crippen LogP contribution in [0.25, 0.3) is 0 Å². The normalized spacial score (nSPS) is 10.5. The van der Waals surface area contributed by atoms with Crippen LogP contribution in [0.5, 0.6) is 0 Å². The maximum atomic E-state index is 5.45.